The number of amides is 2. The molecule has 2 aliphatic heterocycles. The summed E-state index contributed by atoms with van der Waals surface area (Å²) < 4.78 is 10.9. The van der Waals surface area contributed by atoms with Gasteiger partial charge in [0.2, 0.25) is 0 Å². The predicted molar refractivity (Wildman–Crippen MR) is 108 cm³/mol. The molecule has 0 atom stereocenters. The molecule has 28 heavy (non-hydrogen) atoms. The molecule has 0 saturated carbocycles. The maximum absolute atomic E-state index is 13.2. The van der Waals surface area contributed by atoms with Gasteiger partial charge in [-0.1, -0.05) is 38.3 Å². The minimum atomic E-state index is -0.188. The largest absolute Gasteiger partial charge is 0.494 e. The molecule has 0 aromatic heterocycles. The molecule has 1 aromatic carbocycles. The normalized spacial score (nSPS) is 17.6. The lowest BCUT2D eigenvalue weighted by molar-refractivity contribution is -0.137. The summed E-state index contributed by atoms with van der Waals surface area (Å²) in [4.78, 5) is 29.8. The number of ether oxygens (including phenoxy) is 2. The van der Waals surface area contributed by atoms with Crippen LogP contribution in [0.1, 0.15) is 45.1 Å². The van der Waals surface area contributed by atoms with Crippen molar-refractivity contribution in [2.75, 3.05) is 39.5 Å². The van der Waals surface area contributed by atoms with Gasteiger partial charge in [-0.25, -0.2) is 0 Å². The van der Waals surface area contributed by atoms with Crippen LogP contribution < -0.4 is 4.74 Å². The summed E-state index contributed by atoms with van der Waals surface area (Å²) in [6.45, 7) is 7.53. The molecule has 0 radical (unpaired) electrons. The summed E-state index contributed by atoms with van der Waals surface area (Å²) in [5.41, 5.74) is 1.79. The Morgan fingerprint density at radius 2 is 1.68 bits per heavy atom. The van der Waals surface area contributed by atoms with Crippen molar-refractivity contribution in [2.24, 2.45) is 0 Å². The Labute approximate surface area is 167 Å². The van der Waals surface area contributed by atoms with E-state index in [4.69, 9.17) is 9.47 Å². The van der Waals surface area contributed by atoms with E-state index in [0.29, 0.717) is 50.7 Å². The first-order valence-electron chi connectivity index (χ1n) is 10.3. The third-order valence-corrected chi connectivity index (χ3v) is 5.16. The lowest BCUT2D eigenvalue weighted by Crippen LogP contribution is -2.40. The van der Waals surface area contributed by atoms with Crippen LogP contribution >= 0.6 is 0 Å². The van der Waals surface area contributed by atoms with E-state index in [-0.39, 0.29) is 11.8 Å². The van der Waals surface area contributed by atoms with Crippen molar-refractivity contribution in [3.63, 3.8) is 0 Å². The number of hydrogen-bond acceptors (Lipinski definition) is 5. The van der Waals surface area contributed by atoms with Crippen LogP contribution in [0.2, 0.25) is 0 Å². The maximum Gasteiger partial charge on any atom is 0.277 e. The van der Waals surface area contributed by atoms with Gasteiger partial charge < -0.3 is 14.4 Å². The lowest BCUT2D eigenvalue weighted by atomic mass is 10.0. The molecule has 6 heteroatoms. The Kier molecular flexibility index (Phi) is 7.09. The van der Waals surface area contributed by atoms with Crippen molar-refractivity contribution < 1.29 is 19.1 Å². The average molecular weight is 386 g/mol. The highest BCUT2D eigenvalue weighted by atomic mass is 16.5. The lowest BCUT2D eigenvalue weighted by Gasteiger charge is -2.29. The van der Waals surface area contributed by atoms with Crippen molar-refractivity contribution in [1.82, 2.24) is 9.80 Å². The van der Waals surface area contributed by atoms with E-state index < -0.39 is 0 Å². The van der Waals surface area contributed by atoms with Gasteiger partial charge in [0.05, 0.1) is 25.4 Å². The molecular weight excluding hydrogens is 356 g/mol. The number of benzene rings is 1. The van der Waals surface area contributed by atoms with Crippen molar-refractivity contribution in [3.05, 3.63) is 35.5 Å². The van der Waals surface area contributed by atoms with Crippen molar-refractivity contribution in [2.45, 2.75) is 39.5 Å². The topological polar surface area (TPSA) is 59.1 Å². The predicted octanol–water partition coefficient (Wildman–Crippen LogP) is 3.08. The van der Waals surface area contributed by atoms with Gasteiger partial charge in [0.15, 0.2) is 0 Å². The van der Waals surface area contributed by atoms with E-state index in [1.54, 1.807) is 0 Å². The first-order chi connectivity index (χ1) is 13.7. The third kappa shape index (κ3) is 4.38. The fraction of sp³-hybridized carbons (Fsp3) is 0.545. The van der Waals surface area contributed by atoms with Crippen LogP contribution in [0.3, 0.4) is 0 Å². The fourth-order valence-corrected chi connectivity index (χ4v) is 3.69. The van der Waals surface area contributed by atoms with Crippen molar-refractivity contribution in [3.8, 4) is 5.75 Å². The molecule has 6 nitrogen and oxygen atoms in total. The zero-order chi connectivity index (χ0) is 19.9. The SMILES string of the molecule is CCCCCCN1C(=O)C(c2ccc(OCC)cc2)=C(N2CCOCC2)C1=O. The van der Waals surface area contributed by atoms with Crippen LogP contribution in [-0.4, -0.2) is 61.1 Å². The summed E-state index contributed by atoms with van der Waals surface area (Å²) in [5, 5.41) is 0. The van der Waals surface area contributed by atoms with E-state index in [0.717, 1.165) is 37.0 Å². The zero-order valence-electron chi connectivity index (χ0n) is 16.9. The quantitative estimate of drug-likeness (QED) is 0.482. The summed E-state index contributed by atoms with van der Waals surface area (Å²) in [6.07, 6.45) is 4.11. The van der Waals surface area contributed by atoms with Gasteiger partial charge in [-0.05, 0) is 31.0 Å². The highest BCUT2D eigenvalue weighted by molar-refractivity contribution is 6.35. The number of carbonyl (C=O) groups excluding carboxylic acids is 2. The Balaban J connectivity index is 1.89. The van der Waals surface area contributed by atoms with E-state index in [1.807, 2.05) is 36.1 Å². The van der Waals surface area contributed by atoms with Crippen molar-refractivity contribution in [1.29, 1.82) is 0 Å². The van der Waals surface area contributed by atoms with Gasteiger partial charge in [-0.15, -0.1) is 0 Å². The summed E-state index contributed by atoms with van der Waals surface area (Å²) >= 11 is 0. The van der Waals surface area contributed by atoms with Crippen LogP contribution in [0.5, 0.6) is 5.75 Å². The Morgan fingerprint density at radius 1 is 0.964 bits per heavy atom. The first kappa shape index (κ1) is 20.4. The molecule has 0 spiro atoms. The molecule has 1 aromatic rings. The van der Waals surface area contributed by atoms with Crippen LogP contribution in [0.15, 0.2) is 30.0 Å². The van der Waals surface area contributed by atoms with Gasteiger partial charge in [0.25, 0.3) is 11.8 Å². The number of morpholine rings is 1. The van der Waals surface area contributed by atoms with E-state index >= 15 is 0 Å². The second-order valence-electron chi connectivity index (χ2n) is 7.10. The first-order valence-corrected chi connectivity index (χ1v) is 10.3. The average Bonchev–Trinajstić information content (AvgIpc) is 2.97. The number of rotatable bonds is 9. The van der Waals surface area contributed by atoms with Crippen molar-refractivity contribution >= 4 is 17.4 Å². The van der Waals surface area contributed by atoms with Crippen LogP contribution in [0.25, 0.3) is 5.57 Å². The number of unbranched alkanes of at least 4 members (excludes halogenated alkanes) is 3. The van der Waals surface area contributed by atoms with E-state index in [2.05, 4.69) is 6.92 Å². The van der Waals surface area contributed by atoms with E-state index in [1.165, 1.54) is 4.90 Å². The smallest absolute Gasteiger partial charge is 0.277 e. The molecule has 1 saturated heterocycles. The monoisotopic (exact) mass is 386 g/mol. The molecule has 3 rings (SSSR count). The highest BCUT2D eigenvalue weighted by Gasteiger charge is 2.41. The van der Waals surface area contributed by atoms with Gasteiger partial charge in [0.1, 0.15) is 11.4 Å². The Morgan fingerprint density at radius 3 is 2.32 bits per heavy atom. The molecule has 2 amide bonds. The Bertz CT molecular complexity index is 721. The highest BCUT2D eigenvalue weighted by Crippen LogP contribution is 2.33. The molecule has 0 unspecified atom stereocenters. The summed E-state index contributed by atoms with van der Waals surface area (Å²) in [5.74, 6) is 0.396. The molecule has 0 bridgehead atoms. The second-order valence-corrected chi connectivity index (χ2v) is 7.10. The minimum absolute atomic E-state index is 0.174. The van der Waals surface area contributed by atoms with Crippen LogP contribution in [-0.2, 0) is 14.3 Å². The number of nitrogens with zero attached hydrogens (tertiary/aromatic N) is 2. The second kappa shape index (κ2) is 9.73. The molecule has 152 valence electrons. The number of imide groups is 1. The minimum Gasteiger partial charge on any atom is -0.494 e. The molecule has 2 heterocycles. The van der Waals surface area contributed by atoms with Crippen LogP contribution in [0.4, 0.5) is 0 Å². The number of carbonyl (C=O) groups is 2. The Hall–Kier alpha value is -2.34. The van der Waals surface area contributed by atoms with E-state index in [9.17, 15) is 9.59 Å². The third-order valence-electron chi connectivity index (χ3n) is 5.16. The van der Waals surface area contributed by atoms with Gasteiger partial charge in [-0.2, -0.15) is 0 Å². The molecular formula is C22H30N2O4. The number of hydrogen-bond donors (Lipinski definition) is 0. The molecule has 1 fully saturated rings. The maximum atomic E-state index is 13.2. The molecule has 0 N–H and O–H groups in total. The summed E-state index contributed by atoms with van der Waals surface area (Å²) in [7, 11) is 0. The standard InChI is InChI=1S/C22H30N2O4/c1-3-5-6-7-12-24-21(25)19(17-8-10-18(11-9-17)28-4-2)20(22(24)26)23-13-15-27-16-14-23/h8-11H,3-7,12-16H2,1-2H3. The molecule has 0 aliphatic carbocycles. The molecule has 2 aliphatic rings. The van der Waals surface area contributed by atoms with Gasteiger partial charge in [-0.3, -0.25) is 14.5 Å². The summed E-state index contributed by atoms with van der Waals surface area (Å²) in [6, 6.07) is 7.44. The van der Waals surface area contributed by atoms with Gasteiger partial charge >= 0.3 is 0 Å². The zero-order valence-corrected chi connectivity index (χ0v) is 16.9. The van der Waals surface area contributed by atoms with Crippen LogP contribution in [0, 0.1) is 0 Å². The van der Waals surface area contributed by atoms with Gasteiger partial charge in [0, 0.05) is 19.6 Å². The fourth-order valence-electron chi connectivity index (χ4n) is 3.69.